The van der Waals surface area contributed by atoms with E-state index in [4.69, 9.17) is 10.7 Å². The van der Waals surface area contributed by atoms with Crippen LogP contribution in [0.5, 0.6) is 0 Å². The van der Waals surface area contributed by atoms with E-state index in [1.165, 1.54) is 19.3 Å². The van der Waals surface area contributed by atoms with Crippen LogP contribution in [0.3, 0.4) is 0 Å². The van der Waals surface area contributed by atoms with Gasteiger partial charge in [-0.1, -0.05) is 26.0 Å². The van der Waals surface area contributed by atoms with Crippen molar-refractivity contribution in [3.05, 3.63) is 60.7 Å². The van der Waals surface area contributed by atoms with Gasteiger partial charge in [-0.05, 0) is 38.3 Å². The second-order valence-electron chi connectivity index (χ2n) is 6.39. The fraction of sp³-hybridized carbons (Fsp3) is 0.381. The predicted octanol–water partition coefficient (Wildman–Crippen LogP) is 4.40. The number of unbranched alkanes of at least 4 members (excludes halogenated alkanes) is 1. The molecule has 0 bridgehead atoms. The fourth-order valence-electron chi connectivity index (χ4n) is 2.82. The molecular formula is C21H29N5. The molecule has 5 nitrogen and oxygen atoms in total. The molecule has 0 aromatic carbocycles. The van der Waals surface area contributed by atoms with Crippen LogP contribution >= 0.6 is 0 Å². The van der Waals surface area contributed by atoms with Gasteiger partial charge in [0.25, 0.3) is 0 Å². The third-order valence-electron chi connectivity index (χ3n) is 4.28. The summed E-state index contributed by atoms with van der Waals surface area (Å²) in [6.45, 7) is 13.9. The van der Waals surface area contributed by atoms with Crippen LogP contribution < -0.4 is 10.6 Å². The smallest absolute Gasteiger partial charge is 0.161 e. The predicted molar refractivity (Wildman–Crippen MR) is 110 cm³/mol. The molecular weight excluding hydrogens is 322 g/mol. The number of hydrogen-bond acceptors (Lipinski definition) is 5. The summed E-state index contributed by atoms with van der Waals surface area (Å²) >= 11 is 0. The zero-order chi connectivity index (χ0) is 18.9. The maximum atomic E-state index is 5.91. The molecule has 1 fully saturated rings. The Balaban J connectivity index is 0.000000431. The Morgan fingerprint density at radius 1 is 1.31 bits per heavy atom. The molecule has 26 heavy (non-hydrogen) atoms. The van der Waals surface area contributed by atoms with Gasteiger partial charge in [0.1, 0.15) is 11.6 Å². The number of aryl methyl sites for hydroxylation is 1. The van der Waals surface area contributed by atoms with Gasteiger partial charge in [-0.15, -0.1) is 6.58 Å². The molecule has 0 saturated carbocycles. The van der Waals surface area contributed by atoms with Crippen molar-refractivity contribution in [2.45, 2.75) is 39.5 Å². The van der Waals surface area contributed by atoms with Crippen molar-refractivity contribution >= 4 is 17.2 Å². The summed E-state index contributed by atoms with van der Waals surface area (Å²) in [5.74, 6) is 2.07. The molecule has 138 valence electrons. The Morgan fingerprint density at radius 2 is 2.04 bits per heavy atom. The lowest BCUT2D eigenvalue weighted by atomic mass is 10.1. The first-order valence-corrected chi connectivity index (χ1v) is 9.18. The summed E-state index contributed by atoms with van der Waals surface area (Å²) < 4.78 is 0. The first kappa shape index (κ1) is 19.6. The van der Waals surface area contributed by atoms with Crippen LogP contribution in [0.4, 0.5) is 11.6 Å². The zero-order valence-corrected chi connectivity index (χ0v) is 15.9. The molecule has 3 rings (SSSR count). The summed E-state index contributed by atoms with van der Waals surface area (Å²) in [6.07, 6.45) is 10.3. The van der Waals surface area contributed by atoms with Gasteiger partial charge in [0.05, 0.1) is 0 Å². The summed E-state index contributed by atoms with van der Waals surface area (Å²) in [4.78, 5) is 15.5. The van der Waals surface area contributed by atoms with Gasteiger partial charge in [0.15, 0.2) is 5.82 Å². The number of anilines is 2. The van der Waals surface area contributed by atoms with Crippen molar-refractivity contribution in [1.29, 1.82) is 0 Å². The van der Waals surface area contributed by atoms with Crippen molar-refractivity contribution in [2.24, 2.45) is 0 Å². The van der Waals surface area contributed by atoms with E-state index in [1.807, 2.05) is 31.3 Å². The lowest BCUT2D eigenvalue weighted by molar-refractivity contribution is 0.909. The molecule has 2 aromatic heterocycles. The third-order valence-corrected chi connectivity index (χ3v) is 4.28. The number of nitrogen functional groups attached to an aromatic ring is 1. The maximum Gasteiger partial charge on any atom is 0.161 e. The quantitative estimate of drug-likeness (QED) is 0.809. The first-order valence-electron chi connectivity index (χ1n) is 9.18. The molecule has 1 aliphatic rings. The molecule has 1 saturated heterocycles. The molecule has 0 unspecified atom stereocenters. The molecule has 2 aromatic rings. The average molecular weight is 351 g/mol. The summed E-state index contributed by atoms with van der Waals surface area (Å²) in [5, 5.41) is 0. The van der Waals surface area contributed by atoms with Crippen LogP contribution in [0.15, 0.2) is 43.8 Å². The normalized spacial score (nSPS) is 13.1. The Kier molecular flexibility index (Phi) is 7.33. The minimum Gasteiger partial charge on any atom is -0.383 e. The largest absolute Gasteiger partial charge is 0.383 e. The number of pyridine rings is 1. The lowest BCUT2D eigenvalue weighted by Crippen LogP contribution is -2.21. The van der Waals surface area contributed by atoms with Gasteiger partial charge in [0, 0.05) is 42.2 Å². The monoisotopic (exact) mass is 351 g/mol. The fourth-order valence-corrected chi connectivity index (χ4v) is 2.82. The van der Waals surface area contributed by atoms with Crippen LogP contribution in [0, 0.1) is 6.92 Å². The highest BCUT2D eigenvalue weighted by atomic mass is 15.2. The summed E-state index contributed by atoms with van der Waals surface area (Å²) in [5.41, 5.74) is 8.50. The molecule has 0 radical (unpaired) electrons. The third kappa shape index (κ3) is 4.91. The van der Waals surface area contributed by atoms with E-state index in [1.54, 1.807) is 6.20 Å². The van der Waals surface area contributed by atoms with Gasteiger partial charge >= 0.3 is 0 Å². The molecule has 0 amide bonds. The highest BCUT2D eigenvalue weighted by molar-refractivity contribution is 5.80. The lowest BCUT2D eigenvalue weighted by Gasteiger charge is -2.19. The van der Waals surface area contributed by atoms with Crippen molar-refractivity contribution in [1.82, 2.24) is 15.0 Å². The molecule has 2 N–H and O–H groups in total. The second-order valence-corrected chi connectivity index (χ2v) is 6.39. The van der Waals surface area contributed by atoms with E-state index in [-0.39, 0.29) is 0 Å². The Labute approximate surface area is 156 Å². The standard InChI is InChI=1S/C16H19N5.C5H10/c1-11-10-19-15(20-16(11)21-8-3-4-9-21)12(2)13-6-5-7-18-14(13)17;1-3-5-4-2/h5-7,10H,2-4,8-9H2,1H3,(H2,17,18);3H,1,4-5H2,2H3. The van der Waals surface area contributed by atoms with Crippen LogP contribution in [0.25, 0.3) is 5.57 Å². The van der Waals surface area contributed by atoms with E-state index >= 15 is 0 Å². The van der Waals surface area contributed by atoms with Crippen LogP contribution in [-0.4, -0.2) is 28.0 Å². The van der Waals surface area contributed by atoms with Crippen LogP contribution in [0.2, 0.25) is 0 Å². The molecule has 1 aliphatic heterocycles. The highest BCUT2D eigenvalue weighted by Gasteiger charge is 2.18. The van der Waals surface area contributed by atoms with Crippen molar-refractivity contribution < 1.29 is 0 Å². The van der Waals surface area contributed by atoms with E-state index in [2.05, 4.69) is 34.9 Å². The van der Waals surface area contributed by atoms with Gasteiger partial charge < -0.3 is 10.6 Å². The summed E-state index contributed by atoms with van der Waals surface area (Å²) in [7, 11) is 0. The number of rotatable bonds is 5. The van der Waals surface area contributed by atoms with Crippen molar-refractivity contribution in [3.8, 4) is 0 Å². The van der Waals surface area contributed by atoms with E-state index in [0.29, 0.717) is 17.2 Å². The SMILES string of the molecule is C=C(c1ncc(C)c(N2CCCC2)n1)c1cccnc1N.C=CCCC. The minimum atomic E-state index is 0.453. The topological polar surface area (TPSA) is 67.9 Å². The van der Waals surface area contributed by atoms with Crippen LogP contribution in [0.1, 0.15) is 49.6 Å². The highest BCUT2D eigenvalue weighted by Crippen LogP contribution is 2.26. The second kappa shape index (κ2) is 9.70. The van der Waals surface area contributed by atoms with Gasteiger partial charge in [0.2, 0.25) is 0 Å². The van der Waals surface area contributed by atoms with Crippen molar-refractivity contribution in [2.75, 3.05) is 23.7 Å². The molecule has 0 atom stereocenters. The number of nitrogens with zero attached hydrogens (tertiary/aromatic N) is 4. The van der Waals surface area contributed by atoms with Gasteiger partial charge in [-0.25, -0.2) is 15.0 Å². The van der Waals surface area contributed by atoms with Gasteiger partial charge in [-0.2, -0.15) is 0 Å². The number of nitrogens with two attached hydrogens (primary N) is 1. The molecule has 0 aliphatic carbocycles. The molecule has 0 spiro atoms. The Bertz CT molecular complexity index is 748. The first-order chi connectivity index (χ1) is 12.6. The number of hydrogen-bond donors (Lipinski definition) is 1. The molecule has 3 heterocycles. The van der Waals surface area contributed by atoms with Crippen LogP contribution in [-0.2, 0) is 0 Å². The van der Waals surface area contributed by atoms with E-state index in [9.17, 15) is 0 Å². The van der Waals surface area contributed by atoms with Gasteiger partial charge in [-0.3, -0.25) is 0 Å². The Hall–Kier alpha value is -2.69. The van der Waals surface area contributed by atoms with Crippen molar-refractivity contribution in [3.63, 3.8) is 0 Å². The maximum absolute atomic E-state index is 5.91. The Morgan fingerprint density at radius 3 is 2.62 bits per heavy atom. The molecule has 5 heteroatoms. The van der Waals surface area contributed by atoms with E-state index in [0.717, 1.165) is 36.5 Å². The van der Waals surface area contributed by atoms with E-state index < -0.39 is 0 Å². The minimum absolute atomic E-state index is 0.453. The summed E-state index contributed by atoms with van der Waals surface area (Å²) in [6, 6.07) is 3.73. The number of allylic oxidation sites excluding steroid dienone is 1. The number of aromatic nitrogens is 3. The average Bonchev–Trinajstić information content (AvgIpc) is 3.18. The zero-order valence-electron chi connectivity index (χ0n) is 15.9.